The van der Waals surface area contributed by atoms with E-state index >= 15 is 0 Å². The van der Waals surface area contributed by atoms with Gasteiger partial charge in [-0.3, -0.25) is 9.10 Å². The lowest BCUT2D eigenvalue weighted by atomic mass is 10.2. The van der Waals surface area contributed by atoms with E-state index in [0.717, 1.165) is 10.6 Å². The molecule has 1 N–H and O–H groups in total. The first-order valence-corrected chi connectivity index (χ1v) is 11.4. The molecule has 3 aromatic rings. The third-order valence-electron chi connectivity index (χ3n) is 4.27. The number of para-hydroxylation sites is 3. The summed E-state index contributed by atoms with van der Waals surface area (Å²) in [7, 11) is -3.75. The van der Waals surface area contributed by atoms with E-state index in [1.807, 2.05) is 18.2 Å². The van der Waals surface area contributed by atoms with Gasteiger partial charge in [-0.05, 0) is 49.4 Å². The molecule has 0 aliphatic heterocycles. The van der Waals surface area contributed by atoms with Gasteiger partial charge in [0.2, 0.25) is 15.9 Å². The Morgan fingerprint density at radius 3 is 2.33 bits per heavy atom. The fourth-order valence-electron chi connectivity index (χ4n) is 2.93. The minimum atomic E-state index is -3.75. The summed E-state index contributed by atoms with van der Waals surface area (Å²) in [6.07, 6.45) is 1.05. The second-order valence-corrected chi connectivity index (χ2v) is 8.91. The zero-order chi connectivity index (χ0) is 21.7. The maximum Gasteiger partial charge on any atom is 0.248 e. The molecule has 0 unspecified atom stereocenters. The third kappa shape index (κ3) is 5.31. The van der Waals surface area contributed by atoms with E-state index in [1.165, 1.54) is 13.0 Å². The predicted octanol–water partition coefficient (Wildman–Crippen LogP) is 4.93. The highest BCUT2D eigenvalue weighted by molar-refractivity contribution is 7.92. The van der Waals surface area contributed by atoms with Crippen molar-refractivity contribution in [1.29, 1.82) is 0 Å². The number of hydrogen-bond donors (Lipinski definition) is 1. The molecule has 0 heterocycles. The maximum atomic E-state index is 13.0. The molecule has 0 fully saturated rings. The number of nitrogens with one attached hydrogen (secondary N) is 1. The fourth-order valence-corrected chi connectivity index (χ4v) is 4.28. The first kappa shape index (κ1) is 21.7. The summed E-state index contributed by atoms with van der Waals surface area (Å²) in [5, 5.41) is 3.14. The number of hydrogen-bond acceptors (Lipinski definition) is 4. The van der Waals surface area contributed by atoms with Crippen LogP contribution in [0.15, 0.2) is 78.9 Å². The Morgan fingerprint density at radius 1 is 1.00 bits per heavy atom. The molecule has 0 radical (unpaired) electrons. The van der Waals surface area contributed by atoms with Crippen molar-refractivity contribution in [3.05, 3.63) is 83.9 Å². The molecule has 1 amide bonds. The number of sulfonamides is 1. The molecule has 0 bridgehead atoms. The van der Waals surface area contributed by atoms with E-state index in [9.17, 15) is 13.2 Å². The molecule has 30 heavy (non-hydrogen) atoms. The Morgan fingerprint density at radius 2 is 1.67 bits per heavy atom. The topological polar surface area (TPSA) is 75.7 Å². The van der Waals surface area contributed by atoms with E-state index in [0.29, 0.717) is 27.9 Å². The van der Waals surface area contributed by atoms with Gasteiger partial charge in [0.15, 0.2) is 5.75 Å². The quantitative estimate of drug-likeness (QED) is 0.560. The number of rotatable bonds is 7. The lowest BCUT2D eigenvalue weighted by molar-refractivity contribution is -0.116. The third-order valence-corrected chi connectivity index (χ3v) is 5.74. The van der Waals surface area contributed by atoms with Crippen LogP contribution in [0.3, 0.4) is 0 Å². The van der Waals surface area contributed by atoms with E-state index < -0.39 is 22.0 Å². The minimum Gasteiger partial charge on any atom is -0.455 e. The van der Waals surface area contributed by atoms with E-state index in [2.05, 4.69) is 5.32 Å². The van der Waals surface area contributed by atoms with Crippen LogP contribution in [0, 0.1) is 0 Å². The second kappa shape index (κ2) is 9.19. The molecular formula is C22H21ClN2O4S. The molecule has 0 saturated heterocycles. The van der Waals surface area contributed by atoms with Gasteiger partial charge in [0, 0.05) is 5.02 Å². The van der Waals surface area contributed by atoms with Crippen LogP contribution in [0.2, 0.25) is 5.02 Å². The Bertz CT molecular complexity index is 1140. The molecule has 3 rings (SSSR count). The van der Waals surface area contributed by atoms with Crippen molar-refractivity contribution in [2.75, 3.05) is 15.9 Å². The summed E-state index contributed by atoms with van der Waals surface area (Å²) in [4.78, 5) is 13.0. The van der Waals surface area contributed by atoms with Gasteiger partial charge in [0.05, 0.1) is 17.6 Å². The zero-order valence-corrected chi connectivity index (χ0v) is 18.0. The van der Waals surface area contributed by atoms with Crippen molar-refractivity contribution in [3.8, 4) is 11.5 Å². The molecule has 1 atom stereocenters. The fraction of sp³-hybridized carbons (Fsp3) is 0.136. The molecule has 3 aromatic carbocycles. The summed E-state index contributed by atoms with van der Waals surface area (Å²) >= 11 is 6.01. The molecule has 156 valence electrons. The van der Waals surface area contributed by atoms with Crippen LogP contribution in [0.4, 0.5) is 11.4 Å². The average molecular weight is 445 g/mol. The van der Waals surface area contributed by atoms with Gasteiger partial charge in [-0.1, -0.05) is 48.0 Å². The van der Waals surface area contributed by atoms with Crippen molar-refractivity contribution >= 4 is 38.9 Å². The van der Waals surface area contributed by atoms with Gasteiger partial charge in [0.1, 0.15) is 11.8 Å². The molecular weight excluding hydrogens is 424 g/mol. The lowest BCUT2D eigenvalue weighted by Gasteiger charge is -2.28. The van der Waals surface area contributed by atoms with Crippen molar-refractivity contribution < 1.29 is 17.9 Å². The van der Waals surface area contributed by atoms with Crippen molar-refractivity contribution in [2.45, 2.75) is 13.0 Å². The number of halogens is 1. The second-order valence-electron chi connectivity index (χ2n) is 6.62. The first-order valence-electron chi connectivity index (χ1n) is 9.13. The number of anilines is 2. The Balaban J connectivity index is 1.86. The van der Waals surface area contributed by atoms with Crippen molar-refractivity contribution in [2.24, 2.45) is 0 Å². The van der Waals surface area contributed by atoms with Crippen LogP contribution >= 0.6 is 11.6 Å². The average Bonchev–Trinajstić information content (AvgIpc) is 2.69. The van der Waals surface area contributed by atoms with E-state index in [-0.39, 0.29) is 0 Å². The lowest BCUT2D eigenvalue weighted by Crippen LogP contribution is -2.45. The Labute approximate surface area is 181 Å². The summed E-state index contributed by atoms with van der Waals surface area (Å²) in [6, 6.07) is 21.4. The van der Waals surface area contributed by atoms with Gasteiger partial charge in [0.25, 0.3) is 0 Å². The highest BCUT2D eigenvalue weighted by atomic mass is 35.5. The zero-order valence-electron chi connectivity index (χ0n) is 16.4. The summed E-state index contributed by atoms with van der Waals surface area (Å²) in [5.74, 6) is 0.548. The van der Waals surface area contributed by atoms with Crippen molar-refractivity contribution in [3.63, 3.8) is 0 Å². The Hall–Kier alpha value is -3.03. The van der Waals surface area contributed by atoms with Gasteiger partial charge in [-0.25, -0.2) is 8.42 Å². The van der Waals surface area contributed by atoms with Crippen LogP contribution in [0.25, 0.3) is 0 Å². The molecule has 0 spiro atoms. The van der Waals surface area contributed by atoms with Crippen LogP contribution in [-0.4, -0.2) is 26.6 Å². The number of benzene rings is 3. The van der Waals surface area contributed by atoms with E-state index in [4.69, 9.17) is 16.3 Å². The number of amides is 1. The monoisotopic (exact) mass is 444 g/mol. The smallest absolute Gasteiger partial charge is 0.248 e. The Kier molecular flexibility index (Phi) is 6.64. The van der Waals surface area contributed by atoms with Gasteiger partial charge in [-0.15, -0.1) is 0 Å². The maximum absolute atomic E-state index is 13.0. The van der Waals surface area contributed by atoms with Gasteiger partial charge < -0.3 is 10.1 Å². The first-order chi connectivity index (χ1) is 14.3. The molecule has 6 nitrogen and oxygen atoms in total. The molecule has 0 aliphatic rings. The molecule has 0 aromatic heterocycles. The minimum absolute atomic E-state index is 0.307. The number of nitrogens with zero attached hydrogens (tertiary/aromatic N) is 1. The van der Waals surface area contributed by atoms with Crippen LogP contribution in [-0.2, 0) is 14.8 Å². The van der Waals surface area contributed by atoms with Gasteiger partial charge >= 0.3 is 0 Å². The number of carbonyl (C=O) groups is 1. The number of carbonyl (C=O) groups excluding carboxylic acids is 1. The van der Waals surface area contributed by atoms with Crippen molar-refractivity contribution in [1.82, 2.24) is 0 Å². The molecule has 0 aliphatic carbocycles. The largest absolute Gasteiger partial charge is 0.455 e. The van der Waals surface area contributed by atoms with Crippen LogP contribution in [0.5, 0.6) is 11.5 Å². The summed E-state index contributed by atoms with van der Waals surface area (Å²) < 4.78 is 31.7. The van der Waals surface area contributed by atoms with Gasteiger partial charge in [-0.2, -0.15) is 0 Å². The molecule has 0 saturated carbocycles. The van der Waals surface area contributed by atoms with Crippen LogP contribution in [0.1, 0.15) is 6.92 Å². The van der Waals surface area contributed by atoms with Crippen LogP contribution < -0.4 is 14.4 Å². The SMILES string of the molecule is C[C@@H](C(=O)Nc1ccccc1Oc1ccccc1)N(c1cccc(Cl)c1)S(C)(=O)=O. The van der Waals surface area contributed by atoms with E-state index in [1.54, 1.807) is 54.6 Å². The number of ether oxygens (including phenoxy) is 1. The highest BCUT2D eigenvalue weighted by Gasteiger charge is 2.29. The molecule has 8 heteroatoms. The highest BCUT2D eigenvalue weighted by Crippen LogP contribution is 2.30. The normalized spacial score (nSPS) is 12.1. The summed E-state index contributed by atoms with van der Waals surface area (Å²) in [6.45, 7) is 1.51. The standard InChI is InChI=1S/C22H21ClN2O4S/c1-16(25(30(2,27)28)18-10-8-9-17(23)15-18)22(26)24-20-13-6-7-14-21(20)29-19-11-4-3-5-12-19/h3-16H,1-2H3,(H,24,26)/t16-/m0/s1. The summed E-state index contributed by atoms with van der Waals surface area (Å²) in [5.41, 5.74) is 0.735. The predicted molar refractivity (Wildman–Crippen MR) is 120 cm³/mol.